The van der Waals surface area contributed by atoms with Crippen molar-refractivity contribution in [3.8, 4) is 0 Å². The van der Waals surface area contributed by atoms with Crippen LogP contribution < -0.4 is 10.6 Å². The molecule has 0 bridgehead atoms. The zero-order chi connectivity index (χ0) is 16.8. The number of benzene rings is 2. The van der Waals surface area contributed by atoms with Gasteiger partial charge < -0.3 is 5.32 Å². The third kappa shape index (κ3) is 4.00. The molecule has 0 radical (unpaired) electrons. The molecule has 0 fully saturated rings. The Hall–Kier alpha value is -2.66. The van der Waals surface area contributed by atoms with E-state index < -0.39 is 0 Å². The lowest BCUT2D eigenvalue weighted by Crippen LogP contribution is -2.12. The summed E-state index contributed by atoms with van der Waals surface area (Å²) in [5.74, 6) is -0.138. The highest BCUT2D eigenvalue weighted by Crippen LogP contribution is 2.17. The first-order chi connectivity index (χ1) is 11.8. The van der Waals surface area contributed by atoms with E-state index in [1.165, 1.54) is 16.9 Å². The van der Waals surface area contributed by atoms with Crippen LogP contribution in [0.25, 0.3) is 0 Å². The van der Waals surface area contributed by atoms with Crippen LogP contribution in [0.4, 0.5) is 10.8 Å². The van der Waals surface area contributed by atoms with Crippen LogP contribution in [0, 0.1) is 0 Å². The second-order valence-electron chi connectivity index (χ2n) is 5.36. The number of aryl methyl sites for hydroxylation is 1. The van der Waals surface area contributed by atoms with Crippen LogP contribution in [0.15, 0.2) is 60.1 Å². The minimum Gasteiger partial charge on any atom is -0.381 e. The average molecular weight is 337 g/mol. The van der Waals surface area contributed by atoms with Gasteiger partial charge in [0.05, 0.1) is 0 Å². The molecule has 1 amide bonds. The molecule has 0 saturated carbocycles. The second kappa shape index (κ2) is 7.75. The molecular formula is C19H19N3OS. The third-order valence-electron chi connectivity index (χ3n) is 3.72. The fourth-order valence-electron chi connectivity index (χ4n) is 2.48. The molecule has 0 saturated heterocycles. The van der Waals surface area contributed by atoms with E-state index >= 15 is 0 Å². The highest BCUT2D eigenvalue weighted by atomic mass is 32.1. The molecule has 5 heteroatoms. The Balaban J connectivity index is 1.68. The van der Waals surface area contributed by atoms with E-state index in [0.717, 1.165) is 17.7 Å². The number of carbonyl (C=O) groups is 1. The Morgan fingerprint density at radius 1 is 1.17 bits per heavy atom. The molecule has 4 nitrogen and oxygen atoms in total. The monoisotopic (exact) mass is 337 g/mol. The molecule has 0 unspecified atom stereocenters. The number of anilines is 2. The number of amides is 1. The molecular weight excluding hydrogens is 318 g/mol. The molecule has 122 valence electrons. The van der Waals surface area contributed by atoms with Gasteiger partial charge in [0.25, 0.3) is 5.91 Å². The first kappa shape index (κ1) is 16.2. The predicted molar refractivity (Wildman–Crippen MR) is 99.7 cm³/mol. The Morgan fingerprint density at radius 3 is 2.83 bits per heavy atom. The van der Waals surface area contributed by atoms with Gasteiger partial charge in [0.2, 0.25) is 0 Å². The van der Waals surface area contributed by atoms with Gasteiger partial charge in [0.1, 0.15) is 0 Å². The normalized spacial score (nSPS) is 10.4. The average Bonchev–Trinajstić information content (AvgIpc) is 3.13. The zero-order valence-corrected chi connectivity index (χ0v) is 14.3. The van der Waals surface area contributed by atoms with Crippen LogP contribution in [0.2, 0.25) is 0 Å². The molecule has 0 aliphatic heterocycles. The van der Waals surface area contributed by atoms with Gasteiger partial charge in [0.15, 0.2) is 5.13 Å². The highest BCUT2D eigenvalue weighted by Gasteiger charge is 2.08. The lowest BCUT2D eigenvalue weighted by atomic mass is 10.1. The summed E-state index contributed by atoms with van der Waals surface area (Å²) in [4.78, 5) is 16.3. The summed E-state index contributed by atoms with van der Waals surface area (Å²) in [6.07, 6.45) is 2.66. The van der Waals surface area contributed by atoms with E-state index in [4.69, 9.17) is 0 Å². The van der Waals surface area contributed by atoms with E-state index in [9.17, 15) is 4.79 Å². The number of para-hydroxylation sites is 1. The maximum absolute atomic E-state index is 12.3. The minimum absolute atomic E-state index is 0.138. The third-order valence-corrected chi connectivity index (χ3v) is 4.41. The lowest BCUT2D eigenvalue weighted by Gasteiger charge is -2.11. The number of hydrogen-bond donors (Lipinski definition) is 2. The Kier molecular flexibility index (Phi) is 5.23. The molecule has 2 N–H and O–H groups in total. The number of nitrogens with one attached hydrogen (secondary N) is 2. The SMILES string of the molecule is CCc1ccccc1NCc1cccc(C(=O)Nc2nccs2)c1. The molecule has 0 aliphatic carbocycles. The summed E-state index contributed by atoms with van der Waals surface area (Å²) < 4.78 is 0. The summed E-state index contributed by atoms with van der Waals surface area (Å²) in [6.45, 7) is 2.82. The van der Waals surface area contributed by atoms with Crippen molar-refractivity contribution < 1.29 is 4.79 Å². The standard InChI is InChI=1S/C19H19N3OS/c1-2-15-7-3-4-9-17(15)21-13-14-6-5-8-16(12-14)18(23)22-19-20-10-11-24-19/h3-12,21H,2,13H2,1H3,(H,20,22,23). The van der Waals surface area contributed by atoms with Crippen molar-refractivity contribution in [3.63, 3.8) is 0 Å². The number of thiazole rings is 1. The fraction of sp³-hybridized carbons (Fsp3) is 0.158. The van der Waals surface area contributed by atoms with E-state index in [-0.39, 0.29) is 5.91 Å². The summed E-state index contributed by atoms with van der Waals surface area (Å²) in [5.41, 5.74) is 4.12. The molecule has 3 rings (SSSR count). The largest absolute Gasteiger partial charge is 0.381 e. The molecule has 0 spiro atoms. The van der Waals surface area contributed by atoms with Gasteiger partial charge in [-0.05, 0) is 35.7 Å². The maximum Gasteiger partial charge on any atom is 0.257 e. The van der Waals surface area contributed by atoms with Gasteiger partial charge in [-0.1, -0.05) is 37.3 Å². The van der Waals surface area contributed by atoms with E-state index in [0.29, 0.717) is 17.2 Å². The van der Waals surface area contributed by atoms with Gasteiger partial charge in [-0.2, -0.15) is 0 Å². The van der Waals surface area contributed by atoms with E-state index in [1.807, 2.05) is 41.8 Å². The number of aromatic nitrogens is 1. The van der Waals surface area contributed by atoms with E-state index in [2.05, 4.69) is 34.7 Å². The Bertz CT molecular complexity index is 815. The number of hydrogen-bond acceptors (Lipinski definition) is 4. The summed E-state index contributed by atoms with van der Waals surface area (Å²) in [6, 6.07) is 15.9. The van der Waals surface area contributed by atoms with Crippen molar-refractivity contribution in [3.05, 3.63) is 76.8 Å². The van der Waals surface area contributed by atoms with Crippen molar-refractivity contribution in [2.75, 3.05) is 10.6 Å². The number of rotatable bonds is 6. The first-order valence-electron chi connectivity index (χ1n) is 7.88. The quantitative estimate of drug-likeness (QED) is 0.693. The van der Waals surface area contributed by atoms with Gasteiger partial charge in [-0.25, -0.2) is 4.98 Å². The van der Waals surface area contributed by atoms with Gasteiger partial charge >= 0.3 is 0 Å². The zero-order valence-electron chi connectivity index (χ0n) is 13.5. The fourth-order valence-corrected chi connectivity index (χ4v) is 3.00. The topological polar surface area (TPSA) is 54.0 Å². The number of nitrogens with zero attached hydrogens (tertiary/aromatic N) is 1. The maximum atomic E-state index is 12.3. The van der Waals surface area contributed by atoms with Crippen LogP contribution in [-0.4, -0.2) is 10.9 Å². The first-order valence-corrected chi connectivity index (χ1v) is 8.76. The molecule has 1 aromatic heterocycles. The van der Waals surface area contributed by atoms with Crippen LogP contribution in [0.5, 0.6) is 0 Å². The van der Waals surface area contributed by atoms with Gasteiger partial charge in [-0.15, -0.1) is 11.3 Å². The van der Waals surface area contributed by atoms with Crippen LogP contribution in [0.1, 0.15) is 28.4 Å². The summed E-state index contributed by atoms with van der Waals surface area (Å²) >= 11 is 1.41. The minimum atomic E-state index is -0.138. The molecule has 24 heavy (non-hydrogen) atoms. The van der Waals surface area contributed by atoms with Gasteiger partial charge in [0, 0.05) is 29.4 Å². The van der Waals surface area contributed by atoms with Crippen LogP contribution in [0.3, 0.4) is 0 Å². The van der Waals surface area contributed by atoms with Crippen molar-refractivity contribution in [1.82, 2.24) is 4.98 Å². The van der Waals surface area contributed by atoms with Crippen LogP contribution >= 0.6 is 11.3 Å². The molecule has 0 aliphatic rings. The van der Waals surface area contributed by atoms with Crippen molar-refractivity contribution >= 4 is 28.1 Å². The highest BCUT2D eigenvalue weighted by molar-refractivity contribution is 7.13. The summed E-state index contributed by atoms with van der Waals surface area (Å²) in [5, 5.41) is 8.70. The molecule has 2 aromatic carbocycles. The Labute approximate surface area is 145 Å². The summed E-state index contributed by atoms with van der Waals surface area (Å²) in [7, 11) is 0. The predicted octanol–water partition coefficient (Wildman–Crippen LogP) is 4.57. The lowest BCUT2D eigenvalue weighted by molar-refractivity contribution is 0.102. The van der Waals surface area contributed by atoms with Crippen molar-refractivity contribution in [2.24, 2.45) is 0 Å². The number of carbonyl (C=O) groups excluding carboxylic acids is 1. The Morgan fingerprint density at radius 2 is 2.04 bits per heavy atom. The van der Waals surface area contributed by atoms with Crippen LogP contribution in [-0.2, 0) is 13.0 Å². The second-order valence-corrected chi connectivity index (χ2v) is 6.25. The van der Waals surface area contributed by atoms with E-state index in [1.54, 1.807) is 6.20 Å². The van der Waals surface area contributed by atoms with Gasteiger partial charge in [-0.3, -0.25) is 10.1 Å². The van der Waals surface area contributed by atoms with Crippen molar-refractivity contribution in [2.45, 2.75) is 19.9 Å². The van der Waals surface area contributed by atoms with Crippen molar-refractivity contribution in [1.29, 1.82) is 0 Å². The molecule has 3 aromatic rings. The molecule has 1 heterocycles. The molecule has 0 atom stereocenters. The smallest absolute Gasteiger partial charge is 0.257 e.